The monoisotopic (exact) mass is 157 g/mol. The third kappa shape index (κ3) is 5.26. The zero-order valence-corrected chi connectivity index (χ0v) is 7.03. The fourth-order valence-electron chi connectivity index (χ4n) is 0.482. The van der Waals surface area contributed by atoms with Gasteiger partial charge in [0.15, 0.2) is 0 Å². The molecule has 0 saturated heterocycles. The molecule has 0 aromatic rings. The van der Waals surface area contributed by atoms with Gasteiger partial charge in [-0.3, -0.25) is 5.32 Å². The van der Waals surface area contributed by atoms with Gasteiger partial charge in [0.1, 0.15) is 0 Å². The third-order valence-electron chi connectivity index (χ3n) is 1.10. The van der Waals surface area contributed by atoms with Crippen LogP contribution in [0.1, 0.15) is 13.3 Å². The van der Waals surface area contributed by atoms with Gasteiger partial charge in [-0.15, -0.1) is 0 Å². The highest BCUT2D eigenvalue weighted by Gasteiger charge is 1.97. The molecule has 0 radical (unpaired) electrons. The summed E-state index contributed by atoms with van der Waals surface area (Å²) in [6, 6.07) is -0.216. The molecule has 0 aliphatic heterocycles. The van der Waals surface area contributed by atoms with Crippen molar-refractivity contribution in [2.45, 2.75) is 13.3 Å². The van der Waals surface area contributed by atoms with Crippen LogP contribution in [0.15, 0.2) is 12.4 Å². The highest BCUT2D eigenvalue weighted by molar-refractivity contribution is 5.75. The molecule has 0 aliphatic rings. The Labute approximate surface area is 67.1 Å². The van der Waals surface area contributed by atoms with Crippen LogP contribution in [0.2, 0.25) is 0 Å². The van der Waals surface area contributed by atoms with Crippen molar-refractivity contribution in [3.8, 4) is 0 Å². The zero-order valence-electron chi connectivity index (χ0n) is 7.03. The number of hydrogen-bond acceptors (Lipinski definition) is 2. The zero-order chi connectivity index (χ0) is 8.69. The van der Waals surface area contributed by atoms with Gasteiger partial charge in [-0.25, -0.2) is 4.79 Å². The molecule has 2 amide bonds. The number of rotatable bonds is 4. The molecule has 0 spiro atoms. The van der Waals surface area contributed by atoms with Crippen molar-refractivity contribution in [3.05, 3.63) is 12.4 Å². The quantitative estimate of drug-likeness (QED) is 0.553. The largest absolute Gasteiger partial charge is 0.375 e. The Balaban J connectivity index is 3.44. The van der Waals surface area contributed by atoms with Gasteiger partial charge in [0.25, 0.3) is 0 Å². The van der Waals surface area contributed by atoms with E-state index < -0.39 is 0 Å². The van der Waals surface area contributed by atoms with Crippen molar-refractivity contribution in [1.82, 2.24) is 16.0 Å². The van der Waals surface area contributed by atoms with E-state index in [0.29, 0.717) is 12.4 Å². The smallest absolute Gasteiger partial charge is 0.320 e. The maximum Gasteiger partial charge on any atom is 0.320 e. The van der Waals surface area contributed by atoms with Crippen LogP contribution in [0.5, 0.6) is 0 Å². The summed E-state index contributed by atoms with van der Waals surface area (Å²) in [6.45, 7) is 6.21. The lowest BCUT2D eigenvalue weighted by molar-refractivity contribution is 0.243. The first-order chi connectivity index (χ1) is 5.20. The molecule has 3 N–H and O–H groups in total. The van der Waals surface area contributed by atoms with Crippen molar-refractivity contribution in [2.75, 3.05) is 13.6 Å². The number of hydrogen-bond donors (Lipinski definition) is 3. The van der Waals surface area contributed by atoms with E-state index in [0.717, 1.165) is 6.42 Å². The van der Waals surface area contributed by atoms with Crippen molar-refractivity contribution in [1.29, 1.82) is 0 Å². The van der Waals surface area contributed by atoms with Gasteiger partial charge in [0.05, 0.1) is 5.82 Å². The lowest BCUT2D eigenvalue weighted by atomic mass is 10.5. The molecule has 64 valence electrons. The number of carbonyl (C=O) groups excluding carboxylic acids is 1. The Bertz CT molecular complexity index is 145. The van der Waals surface area contributed by atoms with E-state index in [2.05, 4.69) is 22.5 Å². The van der Waals surface area contributed by atoms with Crippen LogP contribution in [0.3, 0.4) is 0 Å². The van der Waals surface area contributed by atoms with E-state index in [1.807, 2.05) is 6.92 Å². The lowest BCUT2D eigenvalue weighted by Crippen LogP contribution is -2.38. The first-order valence-electron chi connectivity index (χ1n) is 3.62. The normalized spacial score (nSPS) is 8.55. The molecule has 11 heavy (non-hydrogen) atoms. The van der Waals surface area contributed by atoms with E-state index in [4.69, 9.17) is 0 Å². The SMILES string of the molecule is C=C(NC)NC(=O)NCCC. The highest BCUT2D eigenvalue weighted by atomic mass is 16.2. The standard InChI is InChI=1S/C7H15N3O/c1-4-5-9-7(11)10-6(2)8-3/h8H,2,4-5H2,1,3H3,(H2,9,10,11). The van der Waals surface area contributed by atoms with Gasteiger partial charge in [0, 0.05) is 13.6 Å². The predicted octanol–water partition coefficient (Wildman–Crippen LogP) is 0.386. The minimum absolute atomic E-state index is 0.216. The summed E-state index contributed by atoms with van der Waals surface area (Å²) in [5.74, 6) is 0.499. The van der Waals surface area contributed by atoms with Crippen LogP contribution in [-0.4, -0.2) is 19.6 Å². The molecule has 0 aromatic heterocycles. The Hall–Kier alpha value is -1.19. The predicted molar refractivity (Wildman–Crippen MR) is 45.0 cm³/mol. The minimum Gasteiger partial charge on any atom is -0.375 e. The van der Waals surface area contributed by atoms with E-state index in [1.54, 1.807) is 7.05 Å². The molecule has 0 atom stereocenters. The lowest BCUT2D eigenvalue weighted by Gasteiger charge is -2.07. The number of carbonyl (C=O) groups is 1. The van der Waals surface area contributed by atoms with E-state index in [1.165, 1.54) is 0 Å². The van der Waals surface area contributed by atoms with Crippen LogP contribution >= 0.6 is 0 Å². The molecule has 0 aromatic carbocycles. The fourth-order valence-corrected chi connectivity index (χ4v) is 0.482. The van der Waals surface area contributed by atoms with Crippen molar-refractivity contribution < 1.29 is 4.79 Å². The molecular formula is C7H15N3O. The second-order valence-corrected chi connectivity index (χ2v) is 2.11. The minimum atomic E-state index is -0.216. The summed E-state index contributed by atoms with van der Waals surface area (Å²) >= 11 is 0. The highest BCUT2D eigenvalue weighted by Crippen LogP contribution is 1.75. The van der Waals surface area contributed by atoms with Gasteiger partial charge in [-0.2, -0.15) is 0 Å². The molecule has 0 unspecified atom stereocenters. The first-order valence-corrected chi connectivity index (χ1v) is 3.62. The van der Waals surface area contributed by atoms with Gasteiger partial charge >= 0.3 is 6.03 Å². The first kappa shape index (κ1) is 9.81. The second-order valence-electron chi connectivity index (χ2n) is 2.11. The number of amides is 2. The Kier molecular flexibility index (Phi) is 4.98. The summed E-state index contributed by atoms with van der Waals surface area (Å²) in [5, 5.41) is 7.86. The third-order valence-corrected chi connectivity index (χ3v) is 1.10. The molecule has 0 saturated carbocycles. The number of urea groups is 1. The summed E-state index contributed by atoms with van der Waals surface area (Å²) in [4.78, 5) is 10.8. The van der Waals surface area contributed by atoms with Gasteiger partial charge in [-0.1, -0.05) is 13.5 Å². The van der Waals surface area contributed by atoms with E-state index >= 15 is 0 Å². The Morgan fingerprint density at radius 1 is 1.55 bits per heavy atom. The molecule has 0 rings (SSSR count). The van der Waals surface area contributed by atoms with Crippen LogP contribution in [0.25, 0.3) is 0 Å². The fraction of sp³-hybridized carbons (Fsp3) is 0.571. The van der Waals surface area contributed by atoms with Crippen LogP contribution < -0.4 is 16.0 Å². The Morgan fingerprint density at radius 2 is 2.18 bits per heavy atom. The Morgan fingerprint density at radius 3 is 2.64 bits per heavy atom. The summed E-state index contributed by atoms with van der Waals surface area (Å²) in [6.07, 6.45) is 0.930. The average Bonchev–Trinajstić information content (AvgIpc) is 2.00. The van der Waals surface area contributed by atoms with Gasteiger partial charge in [-0.05, 0) is 6.42 Å². The molecule has 0 heterocycles. The molecule has 0 bridgehead atoms. The van der Waals surface area contributed by atoms with E-state index in [-0.39, 0.29) is 6.03 Å². The summed E-state index contributed by atoms with van der Waals surface area (Å²) in [7, 11) is 1.70. The average molecular weight is 157 g/mol. The van der Waals surface area contributed by atoms with Crippen molar-refractivity contribution >= 4 is 6.03 Å². The van der Waals surface area contributed by atoms with Crippen molar-refractivity contribution in [3.63, 3.8) is 0 Å². The second kappa shape index (κ2) is 5.58. The van der Waals surface area contributed by atoms with Crippen LogP contribution in [0, 0.1) is 0 Å². The summed E-state index contributed by atoms with van der Waals surface area (Å²) < 4.78 is 0. The molecular weight excluding hydrogens is 142 g/mol. The maximum atomic E-state index is 10.8. The van der Waals surface area contributed by atoms with Crippen molar-refractivity contribution in [2.24, 2.45) is 0 Å². The van der Waals surface area contributed by atoms with E-state index in [9.17, 15) is 4.79 Å². The van der Waals surface area contributed by atoms with Crippen LogP contribution in [0.4, 0.5) is 4.79 Å². The number of nitrogens with one attached hydrogen (secondary N) is 3. The van der Waals surface area contributed by atoms with Crippen LogP contribution in [-0.2, 0) is 0 Å². The molecule has 4 heteroatoms. The summed E-state index contributed by atoms with van der Waals surface area (Å²) in [5.41, 5.74) is 0. The molecule has 0 fully saturated rings. The molecule has 4 nitrogen and oxygen atoms in total. The maximum absolute atomic E-state index is 10.8. The van der Waals surface area contributed by atoms with Gasteiger partial charge < -0.3 is 10.6 Å². The topological polar surface area (TPSA) is 53.2 Å². The van der Waals surface area contributed by atoms with Gasteiger partial charge in [0.2, 0.25) is 0 Å². The molecule has 0 aliphatic carbocycles.